The molecule has 2 aliphatic rings. The maximum atomic E-state index is 12.4. The predicted molar refractivity (Wildman–Crippen MR) is 95.1 cm³/mol. The number of amides is 1. The van der Waals surface area contributed by atoms with Gasteiger partial charge < -0.3 is 15.5 Å². The molecule has 0 saturated carbocycles. The van der Waals surface area contributed by atoms with Crippen LogP contribution in [0, 0.1) is 11.8 Å². The fourth-order valence-corrected chi connectivity index (χ4v) is 3.00. The zero-order chi connectivity index (χ0) is 13.9. The first-order valence-corrected chi connectivity index (χ1v) is 7.55. The number of benzene rings is 1. The molecule has 1 amide bonds. The van der Waals surface area contributed by atoms with Crippen LogP contribution in [-0.4, -0.2) is 43.0 Å². The Morgan fingerprint density at radius 3 is 2.55 bits per heavy atom. The fraction of sp³-hybridized carbons (Fsp3) is 0.562. The standard InChI is InChI=1S/C16H23N3O.2ClH/c1-12(13-9-17-10-13)16(20)19-8-7-15(11-19)18-14-5-3-2-4-6-14;;/h2-6,12-13,15,17-18H,7-11H2,1H3;2*1H. The van der Waals surface area contributed by atoms with Crippen LogP contribution >= 0.6 is 24.8 Å². The SMILES string of the molecule is CC(C(=O)N1CCC(Nc2ccccc2)C1)C1CNC1.Cl.Cl. The van der Waals surface area contributed by atoms with Gasteiger partial charge in [-0.05, 0) is 37.6 Å². The molecule has 6 heteroatoms. The number of rotatable bonds is 4. The van der Waals surface area contributed by atoms with Gasteiger partial charge in [-0.3, -0.25) is 4.79 Å². The number of halogens is 2. The first-order chi connectivity index (χ1) is 9.74. The van der Waals surface area contributed by atoms with Gasteiger partial charge in [-0.15, -0.1) is 24.8 Å². The number of carbonyl (C=O) groups is 1. The molecule has 22 heavy (non-hydrogen) atoms. The van der Waals surface area contributed by atoms with Crippen molar-refractivity contribution >= 4 is 36.4 Å². The molecule has 4 nitrogen and oxygen atoms in total. The number of anilines is 1. The first kappa shape index (κ1) is 19.1. The van der Waals surface area contributed by atoms with E-state index in [1.165, 1.54) is 0 Å². The van der Waals surface area contributed by atoms with Crippen molar-refractivity contribution in [2.45, 2.75) is 19.4 Å². The van der Waals surface area contributed by atoms with Crippen LogP contribution in [0.25, 0.3) is 0 Å². The summed E-state index contributed by atoms with van der Waals surface area (Å²) in [7, 11) is 0. The predicted octanol–water partition coefficient (Wildman–Crippen LogP) is 2.40. The highest BCUT2D eigenvalue weighted by Crippen LogP contribution is 2.22. The molecule has 0 aliphatic carbocycles. The van der Waals surface area contributed by atoms with E-state index in [1.807, 2.05) is 23.1 Å². The summed E-state index contributed by atoms with van der Waals surface area (Å²) in [5.41, 5.74) is 1.14. The second kappa shape index (κ2) is 8.61. The summed E-state index contributed by atoms with van der Waals surface area (Å²) in [5, 5.41) is 6.76. The molecule has 0 radical (unpaired) electrons. The van der Waals surface area contributed by atoms with Gasteiger partial charge in [-0.25, -0.2) is 0 Å². The van der Waals surface area contributed by atoms with E-state index in [9.17, 15) is 4.79 Å². The summed E-state index contributed by atoms with van der Waals surface area (Å²) in [6, 6.07) is 10.6. The average Bonchev–Trinajstić information content (AvgIpc) is 2.85. The highest BCUT2D eigenvalue weighted by Gasteiger charge is 2.34. The van der Waals surface area contributed by atoms with Crippen LogP contribution in [0.1, 0.15) is 13.3 Å². The van der Waals surface area contributed by atoms with Gasteiger partial charge in [0.1, 0.15) is 0 Å². The fourth-order valence-electron chi connectivity index (χ4n) is 3.00. The summed E-state index contributed by atoms with van der Waals surface area (Å²) in [6.07, 6.45) is 1.04. The largest absolute Gasteiger partial charge is 0.380 e. The Balaban J connectivity index is 0.00000121. The van der Waals surface area contributed by atoms with Crippen molar-refractivity contribution in [3.63, 3.8) is 0 Å². The van der Waals surface area contributed by atoms with Crippen LogP contribution in [0.3, 0.4) is 0 Å². The lowest BCUT2D eigenvalue weighted by atomic mass is 9.88. The molecular weight excluding hydrogens is 321 g/mol. The van der Waals surface area contributed by atoms with Gasteiger partial charge in [-0.1, -0.05) is 25.1 Å². The molecular formula is C16H25Cl2N3O. The Morgan fingerprint density at radius 2 is 1.95 bits per heavy atom. The van der Waals surface area contributed by atoms with E-state index >= 15 is 0 Å². The molecule has 1 aromatic carbocycles. The Kier molecular flexibility index (Phi) is 7.46. The van der Waals surface area contributed by atoms with E-state index in [0.717, 1.165) is 38.3 Å². The average molecular weight is 346 g/mol. The van der Waals surface area contributed by atoms with Crippen molar-refractivity contribution in [2.24, 2.45) is 11.8 Å². The monoisotopic (exact) mass is 345 g/mol. The van der Waals surface area contributed by atoms with Crippen molar-refractivity contribution in [3.8, 4) is 0 Å². The topological polar surface area (TPSA) is 44.4 Å². The summed E-state index contributed by atoms with van der Waals surface area (Å²) in [5.74, 6) is 1.02. The number of likely N-dealkylation sites (tertiary alicyclic amines) is 1. The van der Waals surface area contributed by atoms with Crippen LogP contribution < -0.4 is 10.6 Å². The Bertz CT molecular complexity index is 468. The van der Waals surface area contributed by atoms with Crippen molar-refractivity contribution in [2.75, 3.05) is 31.5 Å². The molecule has 2 heterocycles. The number of hydrogen-bond acceptors (Lipinski definition) is 3. The van der Waals surface area contributed by atoms with Gasteiger partial charge >= 0.3 is 0 Å². The van der Waals surface area contributed by atoms with E-state index in [0.29, 0.717) is 17.9 Å². The molecule has 2 N–H and O–H groups in total. The molecule has 0 bridgehead atoms. The first-order valence-electron chi connectivity index (χ1n) is 7.55. The van der Waals surface area contributed by atoms with Gasteiger partial charge in [0.25, 0.3) is 0 Å². The van der Waals surface area contributed by atoms with Crippen molar-refractivity contribution in [1.29, 1.82) is 0 Å². The Hall–Kier alpha value is -0.970. The van der Waals surface area contributed by atoms with E-state index < -0.39 is 0 Å². The Labute approximate surface area is 144 Å². The third-order valence-electron chi connectivity index (χ3n) is 4.55. The highest BCUT2D eigenvalue weighted by atomic mass is 35.5. The number of nitrogens with one attached hydrogen (secondary N) is 2. The van der Waals surface area contributed by atoms with Gasteiger partial charge in [0.15, 0.2) is 0 Å². The second-order valence-corrected chi connectivity index (χ2v) is 5.99. The summed E-state index contributed by atoms with van der Waals surface area (Å²) in [4.78, 5) is 14.5. The zero-order valence-corrected chi connectivity index (χ0v) is 14.5. The van der Waals surface area contributed by atoms with Gasteiger partial charge in [0.2, 0.25) is 5.91 Å². The van der Waals surface area contributed by atoms with Crippen LogP contribution in [0.4, 0.5) is 5.69 Å². The van der Waals surface area contributed by atoms with E-state index in [2.05, 4.69) is 29.7 Å². The Morgan fingerprint density at radius 1 is 1.27 bits per heavy atom. The number of nitrogens with zero attached hydrogens (tertiary/aromatic N) is 1. The second-order valence-electron chi connectivity index (χ2n) is 5.99. The molecule has 2 aliphatic heterocycles. The molecule has 124 valence electrons. The van der Waals surface area contributed by atoms with Crippen LogP contribution in [0.5, 0.6) is 0 Å². The molecule has 3 rings (SSSR count). The minimum atomic E-state index is 0. The molecule has 2 unspecified atom stereocenters. The lowest BCUT2D eigenvalue weighted by molar-refractivity contribution is -0.136. The minimum absolute atomic E-state index is 0. The van der Waals surface area contributed by atoms with E-state index in [1.54, 1.807) is 0 Å². The van der Waals surface area contributed by atoms with Crippen molar-refractivity contribution in [3.05, 3.63) is 30.3 Å². The summed E-state index contributed by atoms with van der Waals surface area (Å²) in [6.45, 7) is 5.77. The molecule has 1 aromatic rings. The van der Waals surface area contributed by atoms with E-state index in [4.69, 9.17) is 0 Å². The molecule has 2 saturated heterocycles. The van der Waals surface area contributed by atoms with E-state index in [-0.39, 0.29) is 30.7 Å². The lowest BCUT2D eigenvalue weighted by Gasteiger charge is -2.34. The maximum Gasteiger partial charge on any atom is 0.225 e. The van der Waals surface area contributed by atoms with Crippen molar-refractivity contribution < 1.29 is 4.79 Å². The molecule has 2 fully saturated rings. The third kappa shape index (κ3) is 4.28. The normalized spacial score (nSPS) is 22.0. The van der Waals surface area contributed by atoms with Gasteiger partial charge in [0, 0.05) is 30.7 Å². The number of carbonyl (C=O) groups excluding carboxylic acids is 1. The summed E-state index contributed by atoms with van der Waals surface area (Å²) < 4.78 is 0. The third-order valence-corrected chi connectivity index (χ3v) is 4.55. The quantitative estimate of drug-likeness (QED) is 0.880. The van der Waals surface area contributed by atoms with Crippen LogP contribution in [-0.2, 0) is 4.79 Å². The van der Waals surface area contributed by atoms with Crippen LogP contribution in [0.15, 0.2) is 30.3 Å². The minimum Gasteiger partial charge on any atom is -0.380 e. The summed E-state index contributed by atoms with van der Waals surface area (Å²) >= 11 is 0. The smallest absolute Gasteiger partial charge is 0.225 e. The maximum absolute atomic E-state index is 12.4. The number of para-hydroxylation sites is 1. The highest BCUT2D eigenvalue weighted by molar-refractivity contribution is 5.85. The molecule has 0 spiro atoms. The zero-order valence-electron chi connectivity index (χ0n) is 12.8. The van der Waals surface area contributed by atoms with Crippen molar-refractivity contribution in [1.82, 2.24) is 10.2 Å². The van der Waals surface area contributed by atoms with Crippen LogP contribution in [0.2, 0.25) is 0 Å². The van der Waals surface area contributed by atoms with Gasteiger partial charge in [-0.2, -0.15) is 0 Å². The lowest BCUT2D eigenvalue weighted by Crippen LogP contribution is -2.50. The molecule has 0 aromatic heterocycles. The van der Waals surface area contributed by atoms with Gasteiger partial charge in [0.05, 0.1) is 0 Å². The molecule has 2 atom stereocenters. The number of hydrogen-bond donors (Lipinski definition) is 2.